The van der Waals surface area contributed by atoms with Crippen molar-refractivity contribution in [3.05, 3.63) is 25.3 Å². The van der Waals surface area contributed by atoms with Gasteiger partial charge in [-0.2, -0.15) is 13.2 Å². The zero-order valence-corrected chi connectivity index (χ0v) is 20.1. The van der Waals surface area contributed by atoms with Gasteiger partial charge in [0.25, 0.3) is 0 Å². The molecule has 2 aliphatic rings. The van der Waals surface area contributed by atoms with Crippen LogP contribution in [-0.4, -0.2) is 88.7 Å². The normalized spacial score (nSPS) is 29.5. The molecule has 188 valence electrons. The van der Waals surface area contributed by atoms with E-state index >= 15 is 0 Å². The minimum Gasteiger partial charge on any atom is -0.443 e. The smallest absolute Gasteiger partial charge is 0.419 e. The van der Waals surface area contributed by atoms with Gasteiger partial charge in [-0.15, -0.1) is 13.2 Å². The van der Waals surface area contributed by atoms with Crippen molar-refractivity contribution in [1.29, 1.82) is 0 Å². The van der Waals surface area contributed by atoms with Gasteiger partial charge in [0.15, 0.2) is 10.8 Å². The highest BCUT2D eigenvalue weighted by atomic mass is 32.2. The molecule has 1 amide bonds. The number of aliphatic imine (C=N–C) groups is 1. The minimum absolute atomic E-state index is 0.000141. The van der Waals surface area contributed by atoms with Crippen molar-refractivity contribution >= 4 is 23.0 Å². The van der Waals surface area contributed by atoms with Crippen LogP contribution in [0.2, 0.25) is 0 Å². The third-order valence-electron chi connectivity index (χ3n) is 4.89. The zero-order valence-electron chi connectivity index (χ0n) is 19.3. The lowest BCUT2D eigenvalue weighted by Crippen LogP contribution is -2.67. The van der Waals surface area contributed by atoms with Crippen molar-refractivity contribution in [2.45, 2.75) is 74.9 Å². The van der Waals surface area contributed by atoms with Gasteiger partial charge in [-0.3, -0.25) is 9.89 Å². The van der Waals surface area contributed by atoms with Crippen LogP contribution in [0.1, 0.15) is 27.7 Å². The molecule has 2 aliphatic heterocycles. The van der Waals surface area contributed by atoms with Gasteiger partial charge in [0.1, 0.15) is 35.4 Å². The summed E-state index contributed by atoms with van der Waals surface area (Å²) < 4.78 is 63.6. The van der Waals surface area contributed by atoms with Crippen LogP contribution >= 0.6 is 11.8 Å². The van der Waals surface area contributed by atoms with E-state index in [1.54, 1.807) is 20.8 Å². The van der Waals surface area contributed by atoms with Crippen molar-refractivity contribution in [1.82, 2.24) is 4.90 Å². The Morgan fingerprint density at radius 1 is 1.18 bits per heavy atom. The Labute approximate surface area is 195 Å². The molecule has 1 unspecified atom stereocenters. The Kier molecular flexibility index (Phi) is 8.67. The Balaban J connectivity index is 2.41. The van der Waals surface area contributed by atoms with Crippen LogP contribution in [0.4, 0.5) is 18.0 Å². The maximum absolute atomic E-state index is 13.7. The van der Waals surface area contributed by atoms with Crippen LogP contribution < -0.4 is 0 Å². The van der Waals surface area contributed by atoms with E-state index < -0.39 is 53.3 Å². The molecule has 0 bridgehead atoms. The number of aliphatic hydroxyl groups is 1. The van der Waals surface area contributed by atoms with E-state index in [1.807, 2.05) is 0 Å². The van der Waals surface area contributed by atoms with Crippen LogP contribution in [0.25, 0.3) is 0 Å². The third kappa shape index (κ3) is 6.30. The van der Waals surface area contributed by atoms with Crippen LogP contribution in [0.3, 0.4) is 0 Å². The molecule has 1 saturated heterocycles. The second-order valence-corrected chi connectivity index (χ2v) is 9.87. The molecule has 1 fully saturated rings. The summed E-state index contributed by atoms with van der Waals surface area (Å²) in [6.45, 7) is 12.7. The quantitative estimate of drug-likeness (QED) is 0.540. The Bertz CT molecular complexity index is 768. The zero-order chi connectivity index (χ0) is 25.2. The summed E-state index contributed by atoms with van der Waals surface area (Å²) in [4.78, 5) is 18.1. The van der Waals surface area contributed by atoms with E-state index in [0.29, 0.717) is 6.92 Å². The number of hydrogen-bond donors (Lipinski definition) is 1. The number of halogens is 3. The van der Waals surface area contributed by atoms with Gasteiger partial charge < -0.3 is 24.1 Å². The molecule has 8 nitrogen and oxygen atoms in total. The predicted octanol–water partition coefficient (Wildman–Crippen LogP) is 3.51. The molecule has 2 heterocycles. The number of thioether (sulfide) groups is 1. The number of hydrogen-bond acceptors (Lipinski definition) is 8. The third-order valence-corrected chi connectivity index (χ3v) is 6.11. The van der Waals surface area contributed by atoms with Gasteiger partial charge in [0, 0.05) is 7.05 Å². The summed E-state index contributed by atoms with van der Waals surface area (Å²) in [5, 5.41) is 10.6. The fourth-order valence-corrected chi connectivity index (χ4v) is 4.39. The number of nitrogens with zero attached hydrogens (tertiary/aromatic N) is 2. The van der Waals surface area contributed by atoms with E-state index in [0.717, 1.165) is 16.7 Å². The largest absolute Gasteiger partial charge is 0.443 e. The molecule has 0 aliphatic carbocycles. The molecule has 0 aromatic heterocycles. The maximum Gasteiger partial charge on any atom is 0.419 e. The number of ether oxygens (including phenoxy) is 4. The highest BCUT2D eigenvalue weighted by Crippen LogP contribution is 2.45. The molecule has 12 heteroatoms. The highest BCUT2D eigenvalue weighted by molar-refractivity contribution is 8.14. The van der Waals surface area contributed by atoms with Crippen LogP contribution in [0, 0.1) is 0 Å². The van der Waals surface area contributed by atoms with E-state index in [4.69, 9.17) is 18.9 Å². The number of rotatable bonds is 7. The molecule has 0 aromatic rings. The van der Waals surface area contributed by atoms with Gasteiger partial charge in [0.2, 0.25) is 0 Å². The molecule has 0 radical (unpaired) electrons. The lowest BCUT2D eigenvalue weighted by Gasteiger charge is -2.47. The van der Waals surface area contributed by atoms with Gasteiger partial charge in [-0.25, -0.2) is 4.79 Å². The second-order valence-electron chi connectivity index (χ2n) is 8.80. The first-order chi connectivity index (χ1) is 15.1. The minimum atomic E-state index is -5.01. The van der Waals surface area contributed by atoms with E-state index in [9.17, 15) is 23.1 Å². The lowest BCUT2D eigenvalue weighted by molar-refractivity contribution is -0.322. The molecule has 33 heavy (non-hydrogen) atoms. The number of carbonyl (C=O) groups excluding carboxylic acids is 1. The van der Waals surface area contributed by atoms with Gasteiger partial charge in [0.05, 0.1) is 13.2 Å². The average Bonchev–Trinajstić information content (AvgIpc) is 3.11. The van der Waals surface area contributed by atoms with Gasteiger partial charge in [-0.1, -0.05) is 23.9 Å². The maximum atomic E-state index is 13.7. The van der Waals surface area contributed by atoms with E-state index in [1.165, 1.54) is 19.2 Å². The summed E-state index contributed by atoms with van der Waals surface area (Å²) in [5.74, 6) is 0. The molecule has 1 N–H and O–H groups in total. The molecule has 2 rings (SSSR count). The number of carbonyl (C=O) groups is 1. The second kappa shape index (κ2) is 10.3. The molecule has 0 saturated carbocycles. The Hall–Kier alpha value is -1.60. The topological polar surface area (TPSA) is 89.8 Å². The van der Waals surface area contributed by atoms with Crippen molar-refractivity contribution in [3.63, 3.8) is 0 Å². The number of fused-ring (bicyclic) bond motifs is 1. The first-order valence-corrected chi connectivity index (χ1v) is 11.1. The molecule has 0 aromatic carbocycles. The summed E-state index contributed by atoms with van der Waals surface area (Å²) in [5.41, 5.74) is -4.98. The van der Waals surface area contributed by atoms with Crippen molar-refractivity contribution in [3.8, 4) is 0 Å². The predicted molar refractivity (Wildman–Crippen MR) is 118 cm³/mol. The number of alkyl halides is 3. The van der Waals surface area contributed by atoms with Crippen molar-refractivity contribution in [2.75, 3.05) is 20.3 Å². The fraction of sp³-hybridized carbons (Fsp3) is 0.714. The monoisotopic (exact) mass is 496 g/mol. The van der Waals surface area contributed by atoms with E-state index in [-0.39, 0.29) is 18.4 Å². The Morgan fingerprint density at radius 2 is 1.73 bits per heavy atom. The van der Waals surface area contributed by atoms with Crippen LogP contribution in [-0.2, 0) is 18.9 Å². The summed E-state index contributed by atoms with van der Waals surface area (Å²) in [7, 11) is 1.44. The highest BCUT2D eigenvalue weighted by Gasteiger charge is 2.64. The lowest BCUT2D eigenvalue weighted by atomic mass is 9.86. The SMILES string of the molecule is C=CCO[C@@H]1[C@H]2N=C(N(C)C(=O)OC(C)(C)C)S[C@H]2O[C@H](C(C)(O)C(F)(F)F)[C@H]1OCC=C. The molecular formula is C21H31F3N2O6S. The Morgan fingerprint density at radius 3 is 2.21 bits per heavy atom. The first-order valence-electron chi connectivity index (χ1n) is 10.2. The number of amides is 1. The van der Waals surface area contributed by atoms with E-state index in [2.05, 4.69) is 18.2 Å². The summed E-state index contributed by atoms with van der Waals surface area (Å²) in [6.07, 6.45) is -7.09. The van der Waals surface area contributed by atoms with Gasteiger partial charge >= 0.3 is 12.3 Å². The first kappa shape index (κ1) is 27.6. The average molecular weight is 497 g/mol. The van der Waals surface area contributed by atoms with Gasteiger partial charge in [-0.05, 0) is 27.7 Å². The van der Waals surface area contributed by atoms with Crippen LogP contribution in [0.15, 0.2) is 30.3 Å². The summed E-state index contributed by atoms with van der Waals surface area (Å²) >= 11 is 0.943. The summed E-state index contributed by atoms with van der Waals surface area (Å²) in [6, 6.07) is -0.815. The molecule has 0 spiro atoms. The van der Waals surface area contributed by atoms with Crippen molar-refractivity contribution < 1.29 is 42.0 Å². The van der Waals surface area contributed by atoms with Crippen LogP contribution in [0.5, 0.6) is 0 Å². The molecule has 6 atom stereocenters. The van der Waals surface area contributed by atoms with Crippen molar-refractivity contribution in [2.24, 2.45) is 4.99 Å². The fourth-order valence-electron chi connectivity index (χ4n) is 3.24. The molecular weight excluding hydrogens is 465 g/mol. The standard InChI is InChI=1S/C21H31F3N2O6S/c1-8-10-29-13-12-16(33-17(25-12)26(7)18(27)32-19(3,4)5)31-15(14(13)30-11-9-2)20(6,28)21(22,23)24/h8-9,12-16,28H,1-2,10-11H2,3-7H3/t12-,13-,14+,15+,16-,20?/m1/s1. The number of amidine groups is 1.